The van der Waals surface area contributed by atoms with Crippen molar-refractivity contribution in [2.75, 3.05) is 6.61 Å². The smallest absolute Gasteiger partial charge is 0.154 e. The minimum atomic E-state index is -1.66. The van der Waals surface area contributed by atoms with E-state index in [0.717, 1.165) is 0 Å². The van der Waals surface area contributed by atoms with Crippen molar-refractivity contribution in [3.05, 3.63) is 11.5 Å². The molecule has 0 radical (unpaired) electrons. The molecule has 0 aliphatic heterocycles. The predicted octanol–water partition coefficient (Wildman–Crippen LogP) is -1.80. The number of carbonyl (C=O) groups is 1. The summed E-state index contributed by atoms with van der Waals surface area (Å²) in [6.07, 6.45) is -0.777. The van der Waals surface area contributed by atoms with Crippen molar-refractivity contribution in [1.82, 2.24) is 0 Å². The van der Waals surface area contributed by atoms with Crippen molar-refractivity contribution in [1.29, 1.82) is 0 Å². The maximum atomic E-state index is 10.8. The molecular weight excluding hydrogens is 164 g/mol. The van der Waals surface area contributed by atoms with Crippen LogP contribution in [0.2, 0.25) is 0 Å². The summed E-state index contributed by atoms with van der Waals surface area (Å²) in [5, 5.41) is 37.6. The lowest BCUT2D eigenvalue weighted by Gasteiger charge is -2.31. The molecule has 1 aliphatic rings. The Balaban J connectivity index is 2.92. The highest BCUT2D eigenvalue weighted by Crippen LogP contribution is 2.26. The molecule has 5 nitrogen and oxygen atoms in total. The summed E-state index contributed by atoms with van der Waals surface area (Å²) in [6.45, 7) is -0.643. The first-order chi connectivity index (χ1) is 5.48. The van der Waals surface area contributed by atoms with E-state index in [0.29, 0.717) is 0 Å². The molecule has 0 bridgehead atoms. The molecule has 0 spiro atoms. The standard InChI is InChI=1S/C7H10O5/c8-3-7(12)1-4(9)6(11)5(10)2-7/h8-9,11-12H,1-3H2/p-1/t7-/m1/s1. The van der Waals surface area contributed by atoms with E-state index in [1.165, 1.54) is 0 Å². The predicted molar refractivity (Wildman–Crippen MR) is 35.9 cm³/mol. The van der Waals surface area contributed by atoms with E-state index in [9.17, 15) is 15.0 Å². The van der Waals surface area contributed by atoms with Crippen LogP contribution in [-0.4, -0.2) is 33.3 Å². The molecule has 1 rings (SSSR count). The van der Waals surface area contributed by atoms with Gasteiger partial charge >= 0.3 is 0 Å². The van der Waals surface area contributed by atoms with Crippen LogP contribution in [0.15, 0.2) is 11.5 Å². The monoisotopic (exact) mass is 173 g/mol. The highest BCUT2D eigenvalue weighted by Gasteiger charge is 2.34. The Labute approximate surface area is 68.6 Å². The highest BCUT2D eigenvalue weighted by molar-refractivity contribution is 5.94. The fourth-order valence-electron chi connectivity index (χ4n) is 1.11. The normalized spacial score (nSPS) is 31.0. The summed E-state index contributed by atoms with van der Waals surface area (Å²) in [5.41, 5.74) is -1.66. The van der Waals surface area contributed by atoms with Gasteiger partial charge in [-0.15, -0.1) is 0 Å². The number of hydrogen-bond acceptors (Lipinski definition) is 5. The van der Waals surface area contributed by atoms with Crippen molar-refractivity contribution in [3.8, 4) is 0 Å². The van der Waals surface area contributed by atoms with Gasteiger partial charge in [-0.05, 0) is 5.76 Å². The van der Waals surface area contributed by atoms with Gasteiger partial charge in [0.1, 0.15) is 5.60 Å². The van der Waals surface area contributed by atoms with Gasteiger partial charge in [0.2, 0.25) is 0 Å². The van der Waals surface area contributed by atoms with Crippen LogP contribution >= 0.6 is 0 Å². The third-order valence-corrected chi connectivity index (χ3v) is 1.80. The SMILES string of the molecule is O=C1C[C@@](O)(CO)CC(O)=C1[O-]. The Bertz CT molecular complexity index is 244. The van der Waals surface area contributed by atoms with E-state index < -0.39 is 35.9 Å². The second-order valence-corrected chi connectivity index (χ2v) is 2.94. The van der Waals surface area contributed by atoms with Gasteiger partial charge in [0, 0.05) is 12.8 Å². The summed E-state index contributed by atoms with van der Waals surface area (Å²) in [6, 6.07) is 0. The lowest BCUT2D eigenvalue weighted by Crippen LogP contribution is -2.42. The molecule has 0 fully saturated rings. The van der Waals surface area contributed by atoms with E-state index in [1.54, 1.807) is 0 Å². The average Bonchev–Trinajstić information content (AvgIpc) is 2.00. The number of ketones is 1. The van der Waals surface area contributed by atoms with Gasteiger partial charge in [-0.3, -0.25) is 4.79 Å². The second-order valence-electron chi connectivity index (χ2n) is 2.94. The topological polar surface area (TPSA) is 101 Å². The molecule has 12 heavy (non-hydrogen) atoms. The second kappa shape index (κ2) is 2.76. The lowest BCUT2D eigenvalue weighted by atomic mass is 9.87. The molecule has 0 heterocycles. The van der Waals surface area contributed by atoms with Crippen LogP contribution in [0.5, 0.6) is 0 Å². The third kappa shape index (κ3) is 1.41. The van der Waals surface area contributed by atoms with Gasteiger partial charge < -0.3 is 20.4 Å². The molecule has 1 aliphatic carbocycles. The zero-order chi connectivity index (χ0) is 9.35. The number of allylic oxidation sites excluding steroid dienone is 1. The van der Waals surface area contributed by atoms with Gasteiger partial charge in [0.25, 0.3) is 0 Å². The zero-order valence-corrected chi connectivity index (χ0v) is 6.28. The Kier molecular flexibility index (Phi) is 2.08. The fourth-order valence-corrected chi connectivity index (χ4v) is 1.11. The van der Waals surface area contributed by atoms with Crippen LogP contribution in [0.25, 0.3) is 0 Å². The van der Waals surface area contributed by atoms with Crippen LogP contribution in [-0.2, 0) is 4.79 Å². The Hall–Kier alpha value is -1.07. The lowest BCUT2D eigenvalue weighted by molar-refractivity contribution is -0.305. The van der Waals surface area contributed by atoms with Gasteiger partial charge in [-0.2, -0.15) is 0 Å². The van der Waals surface area contributed by atoms with Gasteiger partial charge in [0.05, 0.1) is 12.4 Å². The summed E-state index contributed by atoms with van der Waals surface area (Å²) in [4.78, 5) is 10.8. The first-order valence-electron chi connectivity index (χ1n) is 3.44. The van der Waals surface area contributed by atoms with Crippen LogP contribution in [0, 0.1) is 0 Å². The number of hydrogen-bond donors (Lipinski definition) is 3. The van der Waals surface area contributed by atoms with Crippen molar-refractivity contribution >= 4 is 5.78 Å². The van der Waals surface area contributed by atoms with Crippen molar-refractivity contribution < 1.29 is 25.2 Å². The molecule has 0 aromatic carbocycles. The van der Waals surface area contributed by atoms with Crippen LogP contribution in [0.4, 0.5) is 0 Å². The molecule has 68 valence electrons. The Morgan fingerprint density at radius 2 is 2.08 bits per heavy atom. The molecule has 0 unspecified atom stereocenters. The van der Waals surface area contributed by atoms with Crippen molar-refractivity contribution in [3.63, 3.8) is 0 Å². The minimum Gasteiger partial charge on any atom is -0.868 e. The maximum Gasteiger partial charge on any atom is 0.154 e. The van der Waals surface area contributed by atoms with Gasteiger partial charge in [0.15, 0.2) is 5.78 Å². The van der Waals surface area contributed by atoms with E-state index in [1.807, 2.05) is 0 Å². The van der Waals surface area contributed by atoms with Crippen molar-refractivity contribution in [2.45, 2.75) is 18.4 Å². The number of aliphatic hydroxyl groups is 3. The van der Waals surface area contributed by atoms with Gasteiger partial charge in [-0.1, -0.05) is 0 Å². The van der Waals surface area contributed by atoms with E-state index in [-0.39, 0.29) is 6.42 Å². The molecule has 3 N–H and O–H groups in total. The Morgan fingerprint density at radius 1 is 1.50 bits per heavy atom. The highest BCUT2D eigenvalue weighted by atomic mass is 16.3. The van der Waals surface area contributed by atoms with E-state index in [4.69, 9.17) is 10.2 Å². The van der Waals surface area contributed by atoms with Crippen molar-refractivity contribution in [2.24, 2.45) is 0 Å². The maximum absolute atomic E-state index is 10.8. The van der Waals surface area contributed by atoms with E-state index in [2.05, 4.69) is 0 Å². The minimum absolute atomic E-state index is 0.353. The molecule has 0 saturated heterocycles. The van der Waals surface area contributed by atoms with Crippen LogP contribution in [0.1, 0.15) is 12.8 Å². The zero-order valence-electron chi connectivity index (χ0n) is 6.28. The number of Topliss-reactive ketones (excluding diaryl/α,β-unsaturated/α-hetero) is 1. The molecular formula is C7H9O5-. The van der Waals surface area contributed by atoms with Crippen LogP contribution in [0.3, 0.4) is 0 Å². The summed E-state index contributed by atoms with van der Waals surface area (Å²) >= 11 is 0. The van der Waals surface area contributed by atoms with E-state index >= 15 is 0 Å². The first kappa shape index (κ1) is 9.02. The Morgan fingerprint density at radius 3 is 2.50 bits per heavy atom. The molecule has 1 atom stereocenters. The number of aliphatic hydroxyl groups excluding tert-OH is 2. The molecule has 0 aromatic rings. The van der Waals surface area contributed by atoms with Gasteiger partial charge in [-0.25, -0.2) is 0 Å². The molecule has 0 aromatic heterocycles. The summed E-state index contributed by atoms with van der Waals surface area (Å²) in [5.74, 6) is -2.51. The summed E-state index contributed by atoms with van der Waals surface area (Å²) in [7, 11) is 0. The number of rotatable bonds is 1. The third-order valence-electron chi connectivity index (χ3n) is 1.80. The molecule has 5 heteroatoms. The average molecular weight is 173 g/mol. The summed E-state index contributed by atoms with van der Waals surface area (Å²) < 4.78 is 0. The van der Waals surface area contributed by atoms with Crippen LogP contribution < -0.4 is 5.11 Å². The fraction of sp³-hybridized carbons (Fsp3) is 0.571. The largest absolute Gasteiger partial charge is 0.868 e. The molecule has 0 saturated carbocycles. The first-order valence-corrected chi connectivity index (χ1v) is 3.44. The number of carbonyl (C=O) groups excluding carboxylic acids is 1. The molecule has 0 amide bonds. The quantitative estimate of drug-likeness (QED) is 0.434.